The van der Waals surface area contributed by atoms with Crippen LogP contribution >= 0.6 is 0 Å². The van der Waals surface area contributed by atoms with Gasteiger partial charge in [-0.25, -0.2) is 0 Å². The van der Waals surface area contributed by atoms with E-state index in [4.69, 9.17) is 4.74 Å². The van der Waals surface area contributed by atoms with Crippen LogP contribution in [0.15, 0.2) is 47.9 Å². The van der Waals surface area contributed by atoms with Crippen molar-refractivity contribution < 1.29 is 4.74 Å². The zero-order valence-electron chi connectivity index (χ0n) is 8.37. The van der Waals surface area contributed by atoms with Gasteiger partial charge in [0.1, 0.15) is 5.76 Å². The smallest absolute Gasteiger partial charge is 0.150 e. The Bertz CT molecular complexity index is 366. The highest BCUT2D eigenvalue weighted by Crippen LogP contribution is 2.33. The largest absolute Gasteiger partial charge is 0.453 e. The van der Waals surface area contributed by atoms with E-state index in [0.29, 0.717) is 0 Å². The first-order valence-corrected chi connectivity index (χ1v) is 4.72. The summed E-state index contributed by atoms with van der Waals surface area (Å²) in [6, 6.07) is 7.92. The van der Waals surface area contributed by atoms with E-state index in [0.717, 1.165) is 22.9 Å². The highest BCUT2D eigenvalue weighted by molar-refractivity contribution is 5.65. The molecule has 1 aromatic carbocycles. The molecule has 0 saturated heterocycles. The quantitative estimate of drug-likeness (QED) is 0.672. The minimum absolute atomic E-state index is 0.881. The Labute approximate surface area is 83.9 Å². The van der Waals surface area contributed by atoms with Crippen molar-refractivity contribution in [1.82, 2.24) is 0 Å². The lowest BCUT2D eigenvalue weighted by atomic mass is 10.2. The molecule has 1 heterocycles. The topological polar surface area (TPSA) is 21.3 Å². The number of fused-ring (bicyclic) bond motifs is 1. The van der Waals surface area contributed by atoms with Crippen molar-refractivity contribution in [2.24, 2.45) is 0 Å². The van der Waals surface area contributed by atoms with Crippen molar-refractivity contribution in [3.63, 3.8) is 0 Å². The van der Waals surface area contributed by atoms with Gasteiger partial charge < -0.3 is 10.1 Å². The van der Waals surface area contributed by atoms with Gasteiger partial charge in [-0.05, 0) is 32.1 Å². The summed E-state index contributed by atoms with van der Waals surface area (Å²) in [5, 5.41) is 3.32. The molecule has 0 aromatic heterocycles. The fourth-order valence-electron chi connectivity index (χ4n) is 1.47. The number of hydrogen-bond donors (Lipinski definition) is 1. The number of nitrogens with one attached hydrogen (secondary N) is 1. The van der Waals surface area contributed by atoms with Crippen LogP contribution < -0.4 is 10.1 Å². The fourth-order valence-corrected chi connectivity index (χ4v) is 1.47. The highest BCUT2D eigenvalue weighted by atomic mass is 16.5. The van der Waals surface area contributed by atoms with Crippen LogP contribution in [0.3, 0.4) is 0 Å². The maximum atomic E-state index is 5.71. The molecule has 2 rings (SSSR count). The normalized spacial score (nSPS) is 20.1. The van der Waals surface area contributed by atoms with Gasteiger partial charge in [-0.1, -0.05) is 18.2 Å². The first-order chi connectivity index (χ1) is 6.85. The molecule has 0 fully saturated rings. The fraction of sp³-hybridized carbons (Fsp3) is 0.167. The van der Waals surface area contributed by atoms with Crippen LogP contribution in [0.4, 0.5) is 5.69 Å². The van der Waals surface area contributed by atoms with Crippen molar-refractivity contribution in [2.45, 2.75) is 13.8 Å². The van der Waals surface area contributed by atoms with Crippen LogP contribution in [0.2, 0.25) is 0 Å². The summed E-state index contributed by atoms with van der Waals surface area (Å²) in [4.78, 5) is 0. The Hall–Kier alpha value is -1.70. The predicted molar refractivity (Wildman–Crippen MR) is 58.2 cm³/mol. The molecular weight excluding hydrogens is 174 g/mol. The second-order valence-corrected chi connectivity index (χ2v) is 3.08. The van der Waals surface area contributed by atoms with Crippen LogP contribution in [-0.4, -0.2) is 0 Å². The zero-order chi connectivity index (χ0) is 9.97. The molecule has 1 N–H and O–H groups in total. The van der Waals surface area contributed by atoms with Gasteiger partial charge in [-0.2, -0.15) is 0 Å². The lowest BCUT2D eigenvalue weighted by Gasteiger charge is -2.23. The van der Waals surface area contributed by atoms with E-state index < -0.39 is 0 Å². The van der Waals surface area contributed by atoms with Gasteiger partial charge in [0.05, 0.1) is 11.4 Å². The Balaban J connectivity index is 2.45. The SMILES string of the molecule is C/C=C1/Nc2ccccc2O/C1=C/C. The number of benzene rings is 1. The van der Waals surface area contributed by atoms with Crippen LogP contribution in [0.1, 0.15) is 13.8 Å². The number of para-hydroxylation sites is 2. The predicted octanol–water partition coefficient (Wildman–Crippen LogP) is 3.30. The van der Waals surface area contributed by atoms with Gasteiger partial charge in [0.25, 0.3) is 0 Å². The van der Waals surface area contributed by atoms with E-state index in [9.17, 15) is 0 Å². The van der Waals surface area contributed by atoms with Crippen LogP contribution in [0, 0.1) is 0 Å². The van der Waals surface area contributed by atoms with E-state index in [2.05, 4.69) is 5.32 Å². The molecule has 1 aliphatic heterocycles. The van der Waals surface area contributed by atoms with Gasteiger partial charge in [0.2, 0.25) is 0 Å². The average molecular weight is 187 g/mol. The first kappa shape index (κ1) is 8.88. The van der Waals surface area contributed by atoms with Gasteiger partial charge in [0, 0.05) is 0 Å². The summed E-state index contributed by atoms with van der Waals surface area (Å²) in [5.74, 6) is 1.76. The first-order valence-electron chi connectivity index (χ1n) is 4.72. The number of hydrogen-bond acceptors (Lipinski definition) is 2. The lowest BCUT2D eigenvalue weighted by Crippen LogP contribution is -2.13. The second kappa shape index (κ2) is 3.58. The molecule has 0 aliphatic carbocycles. The summed E-state index contributed by atoms with van der Waals surface area (Å²) in [7, 11) is 0. The van der Waals surface area contributed by atoms with Crippen molar-refractivity contribution in [3.05, 3.63) is 47.9 Å². The third kappa shape index (κ3) is 1.39. The number of allylic oxidation sites excluding steroid dienone is 2. The van der Waals surface area contributed by atoms with E-state index in [1.54, 1.807) is 0 Å². The second-order valence-electron chi connectivity index (χ2n) is 3.08. The lowest BCUT2D eigenvalue weighted by molar-refractivity contribution is 0.429. The van der Waals surface area contributed by atoms with E-state index >= 15 is 0 Å². The maximum absolute atomic E-state index is 5.71. The zero-order valence-corrected chi connectivity index (χ0v) is 8.37. The molecule has 2 heteroatoms. The number of rotatable bonds is 0. The van der Waals surface area contributed by atoms with Crippen molar-refractivity contribution in [2.75, 3.05) is 5.32 Å². The molecular formula is C12H13NO. The summed E-state index contributed by atoms with van der Waals surface area (Å²) in [6.07, 6.45) is 3.96. The minimum Gasteiger partial charge on any atom is -0.453 e. The Morgan fingerprint density at radius 2 is 1.93 bits per heavy atom. The van der Waals surface area contributed by atoms with Crippen molar-refractivity contribution in [1.29, 1.82) is 0 Å². The molecule has 0 amide bonds. The molecule has 14 heavy (non-hydrogen) atoms. The Morgan fingerprint density at radius 3 is 2.64 bits per heavy atom. The van der Waals surface area contributed by atoms with Crippen molar-refractivity contribution >= 4 is 5.69 Å². The maximum Gasteiger partial charge on any atom is 0.150 e. The van der Waals surface area contributed by atoms with Gasteiger partial charge >= 0.3 is 0 Å². The van der Waals surface area contributed by atoms with Gasteiger partial charge in [-0.15, -0.1) is 0 Å². The van der Waals surface area contributed by atoms with Crippen LogP contribution in [0.25, 0.3) is 0 Å². The molecule has 1 aliphatic rings. The molecule has 0 atom stereocenters. The Morgan fingerprint density at radius 1 is 1.14 bits per heavy atom. The molecule has 0 unspecified atom stereocenters. The van der Waals surface area contributed by atoms with E-state index in [1.165, 1.54) is 0 Å². The van der Waals surface area contributed by atoms with Crippen LogP contribution in [0.5, 0.6) is 5.75 Å². The van der Waals surface area contributed by atoms with E-state index in [1.807, 2.05) is 50.3 Å². The highest BCUT2D eigenvalue weighted by Gasteiger charge is 2.16. The summed E-state index contributed by atoms with van der Waals surface area (Å²) >= 11 is 0. The van der Waals surface area contributed by atoms with Gasteiger partial charge in [-0.3, -0.25) is 0 Å². The Kier molecular flexibility index (Phi) is 2.27. The standard InChI is InChI=1S/C12H13NO/c1-3-9-11(4-2)14-12-8-6-5-7-10(12)13-9/h3-8,13H,1-2H3/b9-3+,11-4+. The number of ether oxygens (including phenoxy) is 1. The summed E-state index contributed by atoms with van der Waals surface area (Å²) in [6.45, 7) is 3.96. The summed E-state index contributed by atoms with van der Waals surface area (Å²) < 4.78 is 5.71. The molecule has 72 valence electrons. The third-order valence-corrected chi connectivity index (χ3v) is 2.19. The van der Waals surface area contributed by atoms with Crippen molar-refractivity contribution in [3.8, 4) is 5.75 Å². The molecule has 0 radical (unpaired) electrons. The molecule has 0 saturated carbocycles. The number of anilines is 1. The van der Waals surface area contributed by atoms with Gasteiger partial charge in [0.15, 0.2) is 5.75 Å². The molecule has 0 bridgehead atoms. The monoisotopic (exact) mass is 187 g/mol. The summed E-state index contributed by atoms with van der Waals surface area (Å²) in [5.41, 5.74) is 2.04. The molecule has 2 nitrogen and oxygen atoms in total. The third-order valence-electron chi connectivity index (χ3n) is 2.19. The minimum atomic E-state index is 0.881. The average Bonchev–Trinajstić information content (AvgIpc) is 2.27. The van der Waals surface area contributed by atoms with Crippen LogP contribution in [-0.2, 0) is 0 Å². The molecule has 1 aromatic rings. The van der Waals surface area contributed by atoms with E-state index in [-0.39, 0.29) is 0 Å². The molecule has 0 spiro atoms.